The predicted octanol–water partition coefficient (Wildman–Crippen LogP) is 9.26. The monoisotopic (exact) mass is 786 g/mol. The van der Waals surface area contributed by atoms with Gasteiger partial charge in [0.25, 0.3) is 0 Å². The van der Waals surface area contributed by atoms with Gasteiger partial charge in [0.2, 0.25) is 0 Å². The molecule has 0 spiro atoms. The van der Waals surface area contributed by atoms with Crippen LogP contribution in [0.4, 0.5) is 26.3 Å². The number of carbonyl (C=O) groups excluding carboxylic acids is 2. The number of phenols is 1. The molecule has 0 saturated carbocycles. The maximum absolute atomic E-state index is 12.1. The van der Waals surface area contributed by atoms with E-state index in [1.165, 1.54) is 30.3 Å². The van der Waals surface area contributed by atoms with Crippen molar-refractivity contribution in [1.82, 2.24) is 0 Å². The first kappa shape index (κ1) is 45.3. The first-order valence-corrected chi connectivity index (χ1v) is 15.3. The summed E-state index contributed by atoms with van der Waals surface area (Å²) in [7, 11) is 0. The number of alkyl halides is 7. The highest BCUT2D eigenvalue weighted by molar-refractivity contribution is 9.09. The Morgan fingerprint density at radius 2 is 0.960 bits per heavy atom. The average molecular weight is 788 g/mol. The van der Waals surface area contributed by atoms with Crippen LogP contribution in [0.15, 0.2) is 54.6 Å². The maximum atomic E-state index is 12.1. The summed E-state index contributed by atoms with van der Waals surface area (Å²) in [6.45, 7) is 2.16. The number of benzene rings is 3. The zero-order valence-electron chi connectivity index (χ0n) is 27.6. The predicted molar refractivity (Wildman–Crippen MR) is 174 cm³/mol. The van der Waals surface area contributed by atoms with Gasteiger partial charge in [-0.15, -0.1) is 0 Å². The summed E-state index contributed by atoms with van der Waals surface area (Å²) in [5.41, 5.74) is 0.485. The van der Waals surface area contributed by atoms with E-state index in [0.717, 1.165) is 24.3 Å². The van der Waals surface area contributed by atoms with Gasteiger partial charge < -0.3 is 33.9 Å². The van der Waals surface area contributed by atoms with Crippen molar-refractivity contribution in [2.45, 2.75) is 78.4 Å². The molecular formula is C33H37BrF6O10. The number of carboxylic acid groups (broad SMARTS) is 1. The Hall–Kier alpha value is -4.67. The summed E-state index contributed by atoms with van der Waals surface area (Å²) in [5.74, 6) is -2.12. The van der Waals surface area contributed by atoms with E-state index in [0.29, 0.717) is 23.0 Å². The lowest BCUT2D eigenvalue weighted by atomic mass is 10.2. The lowest BCUT2D eigenvalue weighted by molar-refractivity contribution is -0.0524. The van der Waals surface area contributed by atoms with E-state index < -0.39 is 31.6 Å². The van der Waals surface area contributed by atoms with E-state index in [4.69, 9.17) is 19.7 Å². The van der Waals surface area contributed by atoms with Gasteiger partial charge in [-0.3, -0.25) is 9.59 Å². The topological polar surface area (TPSA) is 138 Å². The highest BCUT2D eigenvalue weighted by atomic mass is 79.9. The first-order chi connectivity index (χ1) is 23.3. The fourth-order valence-electron chi connectivity index (χ4n) is 3.12. The standard InChI is InChI=1S/C11H12F2O4.C11H12F2O3.C8H6F2O3.C3H7Br/c1-6(2)16-9-5-7(10(14)15)3-4-8(9)17-11(12)13;1-7(2)15-10-5-8(6-14)3-4-9(10)16-11(12)13;9-8(10)13-7-2-1-5(4-11)3-6(7)12;1-3(2)4/h3-6,11H,1-2H3,(H,14,15);3-7,11H,1-2H3;1-4,8,12H;3H,1-2H3. The van der Waals surface area contributed by atoms with Gasteiger partial charge in [0.05, 0.1) is 17.8 Å². The molecule has 0 aliphatic heterocycles. The van der Waals surface area contributed by atoms with Crippen molar-refractivity contribution in [3.63, 3.8) is 0 Å². The van der Waals surface area contributed by atoms with Crippen LogP contribution in [0, 0.1) is 0 Å². The number of phenolic OH excluding ortho intramolecular Hbond substituents is 1. The summed E-state index contributed by atoms with van der Waals surface area (Å²) in [6.07, 6.45) is 0.631. The summed E-state index contributed by atoms with van der Waals surface area (Å²) >= 11 is 3.27. The fraction of sp³-hybridized carbons (Fsp3) is 0.364. The molecule has 2 N–H and O–H groups in total. The SMILES string of the molecule is CC(C)Br.CC(C)Oc1cc(C(=O)O)ccc1OC(F)F.CC(C)Oc1cc(C=O)ccc1OC(F)F.O=Cc1ccc(OC(F)F)c(O)c1. The molecule has 0 radical (unpaired) electrons. The number of aromatic carboxylic acids is 1. The minimum Gasteiger partial charge on any atom is -0.504 e. The Morgan fingerprint density at radius 1 is 0.600 bits per heavy atom. The third-order valence-corrected chi connectivity index (χ3v) is 4.79. The third-order valence-electron chi connectivity index (χ3n) is 4.79. The van der Waals surface area contributed by atoms with Crippen molar-refractivity contribution in [2.24, 2.45) is 0 Å². The van der Waals surface area contributed by atoms with Crippen LogP contribution in [0.5, 0.6) is 34.5 Å². The molecule has 0 heterocycles. The summed E-state index contributed by atoms with van der Waals surface area (Å²) in [6, 6.07) is 10.9. The van der Waals surface area contributed by atoms with E-state index in [-0.39, 0.29) is 52.1 Å². The van der Waals surface area contributed by atoms with Gasteiger partial charge in [-0.1, -0.05) is 29.8 Å². The molecule has 0 unspecified atom stereocenters. The molecule has 0 amide bonds. The Kier molecular flexibility index (Phi) is 21.4. The number of halogens is 7. The van der Waals surface area contributed by atoms with Gasteiger partial charge in [-0.05, 0) is 82.3 Å². The molecule has 0 saturated heterocycles. The third kappa shape index (κ3) is 20.0. The zero-order chi connectivity index (χ0) is 38.6. The molecule has 3 rings (SSSR count). The van der Waals surface area contributed by atoms with Crippen LogP contribution in [0.1, 0.15) is 72.6 Å². The molecule has 0 bridgehead atoms. The van der Waals surface area contributed by atoms with Crippen LogP contribution >= 0.6 is 15.9 Å². The largest absolute Gasteiger partial charge is 0.504 e. The number of hydrogen-bond acceptors (Lipinski definition) is 9. The minimum atomic E-state index is -2.99. The number of aromatic hydroxyl groups is 1. The van der Waals surface area contributed by atoms with Crippen LogP contribution in [-0.2, 0) is 0 Å². The van der Waals surface area contributed by atoms with Crippen LogP contribution < -0.4 is 23.7 Å². The fourth-order valence-corrected chi connectivity index (χ4v) is 3.12. The quantitative estimate of drug-likeness (QED) is 0.0980. The van der Waals surface area contributed by atoms with E-state index in [1.54, 1.807) is 27.7 Å². The molecule has 10 nitrogen and oxygen atoms in total. The minimum absolute atomic E-state index is 0.0137. The van der Waals surface area contributed by atoms with Crippen molar-refractivity contribution >= 4 is 34.5 Å². The number of ether oxygens (including phenoxy) is 5. The summed E-state index contributed by atoms with van der Waals surface area (Å²) in [4.78, 5) is 32.1. The average Bonchev–Trinajstić information content (AvgIpc) is 2.99. The van der Waals surface area contributed by atoms with Gasteiger partial charge in [0, 0.05) is 16.0 Å². The molecule has 0 fully saturated rings. The number of carboxylic acids is 1. The Bertz CT molecular complexity index is 1470. The highest BCUT2D eigenvalue weighted by Gasteiger charge is 2.16. The van der Waals surface area contributed by atoms with Gasteiger partial charge in [-0.25, -0.2) is 4.79 Å². The van der Waals surface area contributed by atoms with Gasteiger partial charge in [-0.2, -0.15) is 26.3 Å². The summed E-state index contributed by atoms with van der Waals surface area (Å²) in [5, 5.41) is 17.8. The number of rotatable bonds is 13. The van der Waals surface area contributed by atoms with Crippen molar-refractivity contribution < 1.29 is 74.6 Å². The molecular weight excluding hydrogens is 750 g/mol. The molecule has 0 aliphatic carbocycles. The van der Waals surface area contributed by atoms with E-state index in [9.17, 15) is 40.7 Å². The highest BCUT2D eigenvalue weighted by Crippen LogP contribution is 2.32. The smallest absolute Gasteiger partial charge is 0.387 e. The number of aldehydes is 2. The van der Waals surface area contributed by atoms with Crippen LogP contribution in [-0.4, -0.2) is 65.6 Å². The summed E-state index contributed by atoms with van der Waals surface area (Å²) < 4.78 is 94.6. The molecule has 50 heavy (non-hydrogen) atoms. The van der Waals surface area contributed by atoms with E-state index in [2.05, 4.69) is 44.0 Å². The molecule has 0 aromatic heterocycles. The van der Waals surface area contributed by atoms with E-state index >= 15 is 0 Å². The van der Waals surface area contributed by atoms with Gasteiger partial charge >= 0.3 is 25.8 Å². The van der Waals surface area contributed by atoms with E-state index in [1.807, 2.05) is 0 Å². The normalized spacial score (nSPS) is 10.4. The molecule has 3 aromatic carbocycles. The van der Waals surface area contributed by atoms with Crippen molar-refractivity contribution in [2.75, 3.05) is 0 Å². The van der Waals surface area contributed by atoms with Gasteiger partial charge in [0.1, 0.15) is 12.6 Å². The van der Waals surface area contributed by atoms with Crippen LogP contribution in [0.3, 0.4) is 0 Å². The lowest BCUT2D eigenvalue weighted by Gasteiger charge is -2.15. The molecule has 17 heteroatoms. The maximum Gasteiger partial charge on any atom is 0.387 e. The number of hydrogen-bond donors (Lipinski definition) is 2. The van der Waals surface area contributed by atoms with Crippen molar-refractivity contribution in [1.29, 1.82) is 0 Å². The number of carbonyl (C=O) groups is 3. The first-order valence-electron chi connectivity index (χ1n) is 14.4. The Morgan fingerprint density at radius 3 is 1.32 bits per heavy atom. The molecule has 0 atom stereocenters. The second kappa shape index (κ2) is 23.6. The van der Waals surface area contributed by atoms with Gasteiger partial charge in [0.15, 0.2) is 34.5 Å². The Balaban J connectivity index is 0.000000687. The second-order valence-corrected chi connectivity index (χ2v) is 11.9. The van der Waals surface area contributed by atoms with Crippen LogP contribution in [0.25, 0.3) is 0 Å². The second-order valence-electron chi connectivity index (χ2n) is 10.1. The lowest BCUT2D eigenvalue weighted by Crippen LogP contribution is -2.10. The molecule has 0 aliphatic rings. The van der Waals surface area contributed by atoms with Crippen molar-refractivity contribution in [3.8, 4) is 34.5 Å². The van der Waals surface area contributed by atoms with Crippen LogP contribution in [0.2, 0.25) is 0 Å². The molecule has 3 aromatic rings. The Labute approximate surface area is 293 Å². The van der Waals surface area contributed by atoms with Crippen molar-refractivity contribution in [3.05, 3.63) is 71.3 Å². The zero-order valence-corrected chi connectivity index (χ0v) is 29.2. The molecule has 278 valence electrons.